The highest BCUT2D eigenvalue weighted by Gasteiger charge is 2.51. The Morgan fingerprint density at radius 2 is 1.68 bits per heavy atom. The van der Waals surface area contributed by atoms with E-state index in [-0.39, 0.29) is 35.3 Å². The summed E-state index contributed by atoms with van der Waals surface area (Å²) in [5.41, 5.74) is -1.61. The van der Waals surface area contributed by atoms with E-state index in [0.717, 1.165) is 22.6 Å². The molecule has 1 N–H and O–H groups in total. The summed E-state index contributed by atoms with van der Waals surface area (Å²) in [5.74, 6) is -2.35. The second-order valence-electron chi connectivity index (χ2n) is 9.76. The van der Waals surface area contributed by atoms with Crippen molar-refractivity contribution in [3.63, 3.8) is 0 Å². The lowest BCUT2D eigenvalue weighted by Crippen LogP contribution is -2.44. The molecule has 7 nitrogen and oxygen atoms in total. The Kier molecular flexibility index (Phi) is 8.03. The maximum atomic E-state index is 15.1. The third-order valence-corrected chi connectivity index (χ3v) is 6.92. The lowest BCUT2D eigenvalue weighted by atomic mass is 10.0. The highest BCUT2D eigenvalue weighted by Crippen LogP contribution is 2.40. The number of carbonyl (C=O) groups is 2. The minimum atomic E-state index is -4.83. The van der Waals surface area contributed by atoms with Crippen LogP contribution in [0, 0.1) is 17.1 Å². The van der Waals surface area contributed by atoms with Crippen LogP contribution in [0.3, 0.4) is 0 Å². The Hall–Kier alpha value is -4.50. The number of alkyl halides is 3. The minimum Gasteiger partial charge on any atom is -0.490 e. The summed E-state index contributed by atoms with van der Waals surface area (Å²) in [6.45, 7) is 3.16. The molecule has 0 unspecified atom stereocenters. The number of rotatable bonds is 8. The maximum Gasteiger partial charge on any atom is 0.417 e. The van der Waals surface area contributed by atoms with Crippen LogP contribution in [0.25, 0.3) is 0 Å². The molecule has 1 amide bonds. The zero-order valence-electron chi connectivity index (χ0n) is 21.8. The zero-order valence-corrected chi connectivity index (χ0v) is 22.6. The number of nitriles is 1. The SMILES string of the molecule is CC1(C)C(=O)N(c2ccc(C#N)c(C(F)(F)F)c2)C(=S)N1c1ccc(OCCc2ccc(CC(=O)O)cc2)c(F)c1. The van der Waals surface area contributed by atoms with E-state index in [0.29, 0.717) is 18.1 Å². The van der Waals surface area contributed by atoms with E-state index >= 15 is 4.39 Å². The molecule has 4 rings (SSSR count). The Balaban J connectivity index is 1.52. The van der Waals surface area contributed by atoms with E-state index in [9.17, 15) is 22.8 Å². The number of benzene rings is 3. The highest BCUT2D eigenvalue weighted by molar-refractivity contribution is 7.81. The molecule has 1 aliphatic heterocycles. The van der Waals surface area contributed by atoms with Gasteiger partial charge in [-0.25, -0.2) is 4.39 Å². The predicted molar refractivity (Wildman–Crippen MR) is 146 cm³/mol. The van der Waals surface area contributed by atoms with Crippen molar-refractivity contribution in [2.24, 2.45) is 0 Å². The van der Waals surface area contributed by atoms with Crippen LogP contribution in [-0.2, 0) is 28.6 Å². The third kappa shape index (κ3) is 6.00. The number of thiocarbonyl (C=S) groups is 1. The molecule has 0 atom stereocenters. The van der Waals surface area contributed by atoms with E-state index in [4.69, 9.17) is 27.3 Å². The van der Waals surface area contributed by atoms with Gasteiger partial charge in [0.15, 0.2) is 16.7 Å². The molecule has 1 aliphatic rings. The van der Waals surface area contributed by atoms with E-state index in [2.05, 4.69) is 0 Å². The molecule has 1 heterocycles. The molecule has 1 saturated heterocycles. The predicted octanol–water partition coefficient (Wildman–Crippen LogP) is 5.88. The third-order valence-electron chi connectivity index (χ3n) is 6.56. The lowest BCUT2D eigenvalue weighted by Gasteiger charge is -2.29. The number of carboxylic acid groups (broad SMARTS) is 1. The van der Waals surface area contributed by atoms with Crippen LogP contribution in [0.15, 0.2) is 60.7 Å². The number of carboxylic acids is 1. The van der Waals surface area contributed by atoms with Crippen LogP contribution in [0.2, 0.25) is 0 Å². The fourth-order valence-corrected chi connectivity index (χ4v) is 5.00. The van der Waals surface area contributed by atoms with Gasteiger partial charge in [0.2, 0.25) is 0 Å². The molecule has 0 bridgehead atoms. The number of hydrogen-bond donors (Lipinski definition) is 1. The number of anilines is 2. The monoisotopic (exact) mass is 585 g/mol. The first kappa shape index (κ1) is 29.5. The van der Waals surface area contributed by atoms with Gasteiger partial charge in [-0.2, -0.15) is 18.4 Å². The van der Waals surface area contributed by atoms with Crippen LogP contribution >= 0.6 is 12.2 Å². The van der Waals surface area contributed by atoms with Gasteiger partial charge in [-0.05, 0) is 67.5 Å². The standard InChI is InChI=1S/C29H23F4N3O4S/c1-28(2)26(39)35(20-8-7-19(16-34)22(14-20)29(31,32)33)27(41)36(28)21-9-10-24(23(30)15-21)40-12-11-17-3-5-18(6-4-17)13-25(37)38/h3-10,14-15H,11-13H2,1-2H3,(H,37,38). The average Bonchev–Trinajstić information content (AvgIpc) is 3.07. The summed E-state index contributed by atoms with van der Waals surface area (Å²) in [7, 11) is 0. The van der Waals surface area contributed by atoms with E-state index in [1.807, 2.05) is 0 Å². The van der Waals surface area contributed by atoms with E-state index in [1.54, 1.807) is 24.3 Å². The number of carbonyl (C=O) groups excluding carboxylic acids is 1. The summed E-state index contributed by atoms with van der Waals surface area (Å²) < 4.78 is 61.3. The van der Waals surface area contributed by atoms with Crippen LogP contribution in [0.5, 0.6) is 5.75 Å². The van der Waals surface area contributed by atoms with Gasteiger partial charge in [0.25, 0.3) is 5.91 Å². The second kappa shape index (κ2) is 11.2. The molecule has 212 valence electrons. The molecular formula is C29H23F4N3O4S. The van der Waals surface area contributed by atoms with Crippen LogP contribution in [-0.4, -0.2) is 34.2 Å². The van der Waals surface area contributed by atoms with Gasteiger partial charge < -0.3 is 14.7 Å². The number of ether oxygens (including phenoxy) is 1. The molecule has 0 radical (unpaired) electrons. The van der Waals surface area contributed by atoms with Gasteiger partial charge in [0, 0.05) is 18.2 Å². The Bertz CT molecular complexity index is 1570. The Morgan fingerprint density at radius 1 is 1.05 bits per heavy atom. The Labute approximate surface area is 238 Å². The first-order valence-corrected chi connectivity index (χ1v) is 12.7. The molecule has 0 spiro atoms. The van der Waals surface area contributed by atoms with Crippen molar-refractivity contribution in [2.45, 2.75) is 38.4 Å². The first-order chi connectivity index (χ1) is 19.2. The van der Waals surface area contributed by atoms with Gasteiger partial charge in [-0.1, -0.05) is 24.3 Å². The molecule has 12 heteroatoms. The summed E-state index contributed by atoms with van der Waals surface area (Å²) in [5, 5.41) is 17.8. The van der Waals surface area contributed by atoms with Crippen molar-refractivity contribution in [1.29, 1.82) is 5.26 Å². The number of aliphatic carboxylic acids is 1. The largest absolute Gasteiger partial charge is 0.490 e. The zero-order chi connectivity index (χ0) is 30.1. The van der Waals surface area contributed by atoms with Crippen molar-refractivity contribution in [3.05, 3.63) is 88.7 Å². The van der Waals surface area contributed by atoms with E-state index in [1.165, 1.54) is 43.0 Å². The molecule has 0 saturated carbocycles. The molecule has 41 heavy (non-hydrogen) atoms. The lowest BCUT2D eigenvalue weighted by molar-refractivity contribution is -0.138. The quantitative estimate of drug-likeness (QED) is 0.261. The van der Waals surface area contributed by atoms with Crippen LogP contribution in [0.4, 0.5) is 28.9 Å². The maximum absolute atomic E-state index is 15.1. The van der Waals surface area contributed by atoms with Crippen LogP contribution in [0.1, 0.15) is 36.1 Å². The topological polar surface area (TPSA) is 93.9 Å². The fraction of sp³-hybridized carbons (Fsp3) is 0.241. The second-order valence-corrected chi connectivity index (χ2v) is 10.1. The summed E-state index contributed by atoms with van der Waals surface area (Å²) >= 11 is 5.48. The van der Waals surface area contributed by atoms with Crippen molar-refractivity contribution < 1.29 is 37.0 Å². The summed E-state index contributed by atoms with van der Waals surface area (Å²) in [4.78, 5) is 26.4. The first-order valence-electron chi connectivity index (χ1n) is 12.3. The number of nitrogens with zero attached hydrogens (tertiary/aromatic N) is 3. The molecule has 0 aromatic heterocycles. The fourth-order valence-electron chi connectivity index (χ4n) is 4.48. The molecular weight excluding hydrogens is 562 g/mol. The normalized spacial score (nSPS) is 14.8. The molecule has 3 aromatic carbocycles. The average molecular weight is 586 g/mol. The molecule has 0 aliphatic carbocycles. The van der Waals surface area contributed by atoms with Crippen molar-refractivity contribution in [3.8, 4) is 11.8 Å². The highest BCUT2D eigenvalue weighted by atomic mass is 32.1. The smallest absolute Gasteiger partial charge is 0.417 e. The number of hydrogen-bond acceptors (Lipinski definition) is 5. The van der Waals surface area contributed by atoms with Crippen molar-refractivity contribution in [1.82, 2.24) is 0 Å². The van der Waals surface area contributed by atoms with E-state index < -0.39 is 40.5 Å². The van der Waals surface area contributed by atoms with Crippen molar-refractivity contribution in [2.75, 3.05) is 16.4 Å². The number of halogens is 4. The summed E-state index contributed by atoms with van der Waals surface area (Å²) in [6.07, 6.45) is -4.48. The van der Waals surface area contributed by atoms with Gasteiger partial charge in [0.05, 0.1) is 35.9 Å². The van der Waals surface area contributed by atoms with Gasteiger partial charge in [-0.3, -0.25) is 14.5 Å². The van der Waals surface area contributed by atoms with Gasteiger partial charge in [-0.15, -0.1) is 0 Å². The van der Waals surface area contributed by atoms with Gasteiger partial charge >= 0.3 is 12.1 Å². The number of amides is 1. The summed E-state index contributed by atoms with van der Waals surface area (Å²) in [6, 6.07) is 15.3. The van der Waals surface area contributed by atoms with Gasteiger partial charge in [0.1, 0.15) is 5.54 Å². The molecule has 3 aromatic rings. The van der Waals surface area contributed by atoms with Crippen LogP contribution < -0.4 is 14.5 Å². The molecule has 1 fully saturated rings. The minimum absolute atomic E-state index is 0.0516. The Morgan fingerprint density at radius 3 is 2.27 bits per heavy atom. The van der Waals surface area contributed by atoms with Crippen molar-refractivity contribution >= 4 is 40.6 Å².